The number of carbonyl (C=O) groups is 1. The van der Waals surface area contributed by atoms with Crippen LogP contribution in [0, 0.1) is 13.8 Å². The molecule has 2 aromatic carbocycles. The molecule has 1 unspecified atom stereocenters. The molecule has 13 heteroatoms. The molecule has 0 saturated carbocycles. The van der Waals surface area contributed by atoms with Gasteiger partial charge in [0.25, 0.3) is 0 Å². The van der Waals surface area contributed by atoms with Crippen LogP contribution in [0.1, 0.15) is 89.4 Å². The Morgan fingerprint density at radius 3 is 1.79 bits per heavy atom. The van der Waals surface area contributed by atoms with E-state index in [1.807, 2.05) is 35.3 Å². The van der Waals surface area contributed by atoms with Gasteiger partial charge in [0.2, 0.25) is 11.9 Å². The average Bonchev–Trinajstić information content (AvgIpc) is 4.06. The van der Waals surface area contributed by atoms with E-state index < -0.39 is 0 Å². The number of aryl methyl sites for hydroxylation is 6. The summed E-state index contributed by atoms with van der Waals surface area (Å²) in [6, 6.07) is 12.8. The fraction of sp³-hybridized carbons (Fsp3) is 0.400. The number of likely N-dealkylation sites (tertiary alicyclic amines) is 1. The van der Waals surface area contributed by atoms with E-state index in [0.717, 1.165) is 126 Å². The first-order chi connectivity index (χ1) is 28.2. The Morgan fingerprint density at radius 1 is 0.776 bits per heavy atom. The van der Waals surface area contributed by atoms with Gasteiger partial charge in [-0.1, -0.05) is 31.4 Å². The Hall–Kier alpha value is -5.79. The van der Waals surface area contributed by atoms with E-state index in [-0.39, 0.29) is 0 Å². The Labute approximate surface area is 340 Å². The fourth-order valence-electron chi connectivity index (χ4n) is 8.99. The van der Waals surface area contributed by atoms with E-state index in [9.17, 15) is 4.79 Å². The summed E-state index contributed by atoms with van der Waals surface area (Å²) in [5.41, 5.74) is 19.4. The van der Waals surface area contributed by atoms with Crippen molar-refractivity contribution >= 4 is 51.6 Å². The number of anilines is 2. The molecule has 6 heterocycles. The van der Waals surface area contributed by atoms with Gasteiger partial charge >= 0.3 is 0 Å². The summed E-state index contributed by atoms with van der Waals surface area (Å²) in [5, 5.41) is 16.5. The van der Waals surface area contributed by atoms with Crippen LogP contribution in [0.25, 0.3) is 33.5 Å². The highest BCUT2D eigenvalue weighted by atomic mass is 16.1. The molecule has 302 valence electrons. The number of rotatable bonds is 11. The van der Waals surface area contributed by atoms with E-state index >= 15 is 0 Å². The van der Waals surface area contributed by atoms with Crippen LogP contribution >= 0.6 is 0 Å². The van der Waals surface area contributed by atoms with Gasteiger partial charge in [-0.3, -0.25) is 14.2 Å². The maximum atomic E-state index is 12.3. The Bertz CT molecular complexity index is 2540. The van der Waals surface area contributed by atoms with Crippen molar-refractivity contribution in [2.45, 2.75) is 105 Å². The summed E-state index contributed by atoms with van der Waals surface area (Å²) in [4.78, 5) is 25.4. The second-order valence-electron chi connectivity index (χ2n) is 15.7. The van der Waals surface area contributed by atoms with Crippen LogP contribution in [-0.2, 0) is 45.6 Å². The predicted molar refractivity (Wildman–Crippen MR) is 234 cm³/mol. The first-order valence-corrected chi connectivity index (χ1v) is 20.8. The second-order valence-corrected chi connectivity index (χ2v) is 15.7. The standard InChI is InChI=1S/C45H56N12O/c1-7-56-40(21-29(3)51-56)31(5)47-44-49-38-25-33(27-46)23-35-13-15-37(53-17-9-10-18-53)16-14-36-24-34(28-58)26-39-43(36)55(20-12-11-19-54(44)42(35)38)45(50-39)48-32(6)41-22-30(4)52-57(41)8-2/h11-12,21-26,28,37H,5-10,13-20,27,46H2,1-4H3,(H,47,49)(H,48,50)/b12-11+. The van der Waals surface area contributed by atoms with Crippen LogP contribution in [0.15, 0.2) is 61.7 Å². The molecule has 4 N–H and O–H groups in total. The van der Waals surface area contributed by atoms with Gasteiger partial charge in [0.05, 0.1) is 56.2 Å². The molecule has 13 nitrogen and oxygen atoms in total. The maximum Gasteiger partial charge on any atom is 0.208 e. The lowest BCUT2D eigenvalue weighted by Crippen LogP contribution is -2.33. The minimum atomic E-state index is 0.356. The third-order valence-electron chi connectivity index (χ3n) is 11.7. The van der Waals surface area contributed by atoms with Crippen molar-refractivity contribution < 1.29 is 4.79 Å². The highest BCUT2D eigenvalue weighted by molar-refractivity contribution is 5.90. The third kappa shape index (κ3) is 7.63. The van der Waals surface area contributed by atoms with Crippen molar-refractivity contribution in [3.63, 3.8) is 0 Å². The van der Waals surface area contributed by atoms with Crippen LogP contribution in [0.4, 0.5) is 11.9 Å². The summed E-state index contributed by atoms with van der Waals surface area (Å²) < 4.78 is 8.42. The van der Waals surface area contributed by atoms with Crippen molar-refractivity contribution in [3.8, 4) is 0 Å². The average molecular weight is 781 g/mol. The van der Waals surface area contributed by atoms with Gasteiger partial charge in [0.15, 0.2) is 0 Å². The number of hydrogen-bond donors (Lipinski definition) is 3. The maximum absolute atomic E-state index is 12.3. The topological polar surface area (TPSA) is 142 Å². The Morgan fingerprint density at radius 2 is 1.29 bits per heavy atom. The predicted octanol–water partition coefficient (Wildman–Crippen LogP) is 7.47. The van der Waals surface area contributed by atoms with Gasteiger partial charge in [0, 0.05) is 44.3 Å². The number of allylic oxidation sites excluding steroid dienone is 2. The van der Waals surface area contributed by atoms with Gasteiger partial charge < -0.3 is 30.4 Å². The van der Waals surface area contributed by atoms with E-state index in [4.69, 9.17) is 15.7 Å². The summed E-state index contributed by atoms with van der Waals surface area (Å²) in [5.74, 6) is 1.39. The number of imidazole rings is 2. The van der Waals surface area contributed by atoms with E-state index in [1.165, 1.54) is 18.4 Å². The van der Waals surface area contributed by atoms with E-state index in [2.05, 4.69) is 98.3 Å². The lowest BCUT2D eigenvalue weighted by molar-refractivity contribution is 0.112. The molecular formula is C45H56N12O. The molecule has 58 heavy (non-hydrogen) atoms. The smallest absolute Gasteiger partial charge is 0.208 e. The van der Waals surface area contributed by atoms with Gasteiger partial charge in [-0.25, -0.2) is 9.97 Å². The number of nitrogens with zero attached hydrogens (tertiary/aromatic N) is 9. The summed E-state index contributed by atoms with van der Waals surface area (Å²) >= 11 is 0. The number of aldehydes is 1. The molecule has 1 fully saturated rings. The SMILES string of the molecule is C=C(Nc1nc2cc(C=O)cc3c2n1C/C=C/Cn1c(NC(=C)c2cc(C)nn2CC)nc2cc(CN)cc(c21)CCC(N1CCCC1)CC3)c1cc(C)nn1CC. The first kappa shape index (κ1) is 39.1. The number of hydrogen-bond acceptors (Lipinski definition) is 9. The lowest BCUT2D eigenvalue weighted by atomic mass is 9.95. The van der Waals surface area contributed by atoms with Gasteiger partial charge in [0.1, 0.15) is 6.29 Å². The van der Waals surface area contributed by atoms with Gasteiger partial charge in [-0.2, -0.15) is 10.2 Å². The van der Waals surface area contributed by atoms with E-state index in [1.54, 1.807) is 0 Å². The zero-order valence-corrected chi connectivity index (χ0v) is 34.4. The number of carbonyl (C=O) groups excluding carboxylic acids is 1. The zero-order valence-electron chi connectivity index (χ0n) is 34.4. The molecule has 1 atom stereocenters. The van der Waals surface area contributed by atoms with Crippen LogP contribution in [0.2, 0.25) is 0 Å². The minimum Gasteiger partial charge on any atom is -0.326 e. The van der Waals surface area contributed by atoms with Crippen LogP contribution in [-0.4, -0.2) is 69.0 Å². The van der Waals surface area contributed by atoms with Gasteiger partial charge in [-0.05, 0) is 126 Å². The first-order valence-electron chi connectivity index (χ1n) is 20.8. The quantitative estimate of drug-likeness (QED) is 0.0902. The molecule has 0 aliphatic carbocycles. The molecule has 0 radical (unpaired) electrons. The molecule has 4 aromatic heterocycles. The normalized spacial score (nSPS) is 17.0. The molecule has 0 amide bonds. The second kappa shape index (κ2) is 16.6. The van der Waals surface area contributed by atoms with Crippen LogP contribution in [0.3, 0.4) is 0 Å². The van der Waals surface area contributed by atoms with E-state index in [0.29, 0.717) is 42.9 Å². The third-order valence-corrected chi connectivity index (χ3v) is 11.7. The molecule has 2 aliphatic heterocycles. The number of nitrogens with one attached hydrogen (secondary N) is 2. The molecule has 6 aromatic rings. The van der Waals surface area contributed by atoms with Crippen molar-refractivity contribution in [2.75, 3.05) is 23.7 Å². The Balaban J connectivity index is 1.24. The highest BCUT2D eigenvalue weighted by Crippen LogP contribution is 2.33. The summed E-state index contributed by atoms with van der Waals surface area (Å²) in [7, 11) is 0. The fourth-order valence-corrected chi connectivity index (χ4v) is 8.99. The summed E-state index contributed by atoms with van der Waals surface area (Å²) in [6.45, 7) is 22.2. The number of benzene rings is 2. The molecule has 0 spiro atoms. The largest absolute Gasteiger partial charge is 0.326 e. The highest BCUT2D eigenvalue weighted by Gasteiger charge is 2.25. The molecular weight excluding hydrogens is 725 g/mol. The molecule has 8 rings (SSSR count). The van der Waals surface area contributed by atoms with Crippen molar-refractivity contribution in [1.82, 2.24) is 43.6 Å². The zero-order chi connectivity index (χ0) is 40.5. The monoisotopic (exact) mass is 780 g/mol. The van der Waals surface area contributed by atoms with Gasteiger partial charge in [-0.15, -0.1) is 0 Å². The lowest BCUT2D eigenvalue weighted by Gasteiger charge is -2.28. The summed E-state index contributed by atoms with van der Waals surface area (Å²) in [6.07, 6.45) is 11.4. The Kier molecular flexibility index (Phi) is 11.2. The molecule has 2 aliphatic rings. The van der Waals surface area contributed by atoms with Crippen LogP contribution in [0.5, 0.6) is 0 Å². The van der Waals surface area contributed by atoms with Crippen molar-refractivity contribution in [2.24, 2.45) is 5.73 Å². The molecule has 0 bridgehead atoms. The molecule has 1 saturated heterocycles. The number of nitrogens with two attached hydrogens (primary N) is 1. The van der Waals surface area contributed by atoms with Crippen molar-refractivity contribution in [3.05, 3.63) is 107 Å². The number of aromatic nitrogens is 8. The van der Waals surface area contributed by atoms with Crippen LogP contribution < -0.4 is 16.4 Å². The van der Waals surface area contributed by atoms with Crippen molar-refractivity contribution in [1.29, 1.82) is 0 Å². The minimum absolute atomic E-state index is 0.356.